The molecule has 2 aromatic carbocycles. The average molecular weight is 432 g/mol. The number of carbonyl (C=O) groups is 2. The van der Waals surface area contributed by atoms with Crippen molar-refractivity contribution in [3.05, 3.63) is 60.2 Å². The zero-order chi connectivity index (χ0) is 21.7. The van der Waals surface area contributed by atoms with Gasteiger partial charge in [-0.2, -0.15) is 0 Å². The quantitative estimate of drug-likeness (QED) is 0.730. The first-order valence-corrected chi connectivity index (χ1v) is 10.6. The van der Waals surface area contributed by atoms with Gasteiger partial charge in [0.25, 0.3) is 10.0 Å². The van der Waals surface area contributed by atoms with Crippen molar-refractivity contribution in [2.75, 3.05) is 18.5 Å². The molecule has 10 heteroatoms. The molecule has 0 aromatic heterocycles. The number of esters is 1. The van der Waals surface area contributed by atoms with E-state index < -0.39 is 39.9 Å². The molecule has 2 aromatic rings. The molecule has 2 aliphatic rings. The van der Waals surface area contributed by atoms with Crippen molar-refractivity contribution in [2.45, 2.75) is 29.1 Å². The first-order chi connectivity index (χ1) is 14.3. The Kier molecular flexibility index (Phi) is 4.70. The van der Waals surface area contributed by atoms with Crippen LogP contribution in [0.5, 0.6) is 0 Å². The Hall–Kier alpha value is -3.11. The summed E-state index contributed by atoms with van der Waals surface area (Å²) in [6.45, 7) is 0. The number of benzene rings is 2. The Morgan fingerprint density at radius 3 is 2.30 bits per heavy atom. The number of nitrogens with zero attached hydrogens (tertiary/aromatic N) is 2. The fourth-order valence-electron chi connectivity index (χ4n) is 4.25. The van der Waals surface area contributed by atoms with Gasteiger partial charge in [0.15, 0.2) is 6.17 Å². The van der Waals surface area contributed by atoms with Crippen molar-refractivity contribution in [3.63, 3.8) is 0 Å². The number of carbonyl (C=O) groups excluding carboxylic acids is 2. The van der Waals surface area contributed by atoms with Crippen LogP contribution in [0, 0.1) is 0 Å². The summed E-state index contributed by atoms with van der Waals surface area (Å²) in [5.41, 5.74) is -1.30. The minimum atomic E-state index is -4.20. The number of likely N-dealkylation sites (tertiary alicyclic amines) is 1. The second-order valence-electron chi connectivity index (χ2n) is 7.05. The molecule has 4 rings (SSSR count). The lowest BCUT2D eigenvalue weighted by Crippen LogP contribution is -2.56. The minimum Gasteiger partial charge on any atom is -0.467 e. The molecular weight excluding hydrogens is 412 g/mol. The van der Waals surface area contributed by atoms with E-state index in [1.165, 1.54) is 12.1 Å². The highest BCUT2D eigenvalue weighted by Gasteiger charge is 2.66. The van der Waals surface area contributed by atoms with Gasteiger partial charge in [0.05, 0.1) is 24.8 Å². The number of anilines is 1. The van der Waals surface area contributed by atoms with Crippen LogP contribution in [0.1, 0.15) is 12.0 Å². The molecular formula is C20H20N2O7S. The number of rotatable bonds is 3. The van der Waals surface area contributed by atoms with Crippen molar-refractivity contribution >= 4 is 27.8 Å². The maximum Gasteiger partial charge on any atom is 0.412 e. The van der Waals surface area contributed by atoms with Crippen LogP contribution in [-0.4, -0.2) is 56.9 Å². The van der Waals surface area contributed by atoms with Gasteiger partial charge in [-0.1, -0.05) is 36.4 Å². The first kappa shape index (κ1) is 20.2. The molecule has 30 heavy (non-hydrogen) atoms. The largest absolute Gasteiger partial charge is 0.467 e. The van der Waals surface area contributed by atoms with E-state index in [1.807, 2.05) is 0 Å². The molecule has 0 spiro atoms. The fourth-order valence-corrected chi connectivity index (χ4v) is 5.94. The summed E-state index contributed by atoms with van der Waals surface area (Å²) in [5.74, 6) is -0.780. The van der Waals surface area contributed by atoms with Crippen LogP contribution in [0.4, 0.5) is 10.5 Å². The van der Waals surface area contributed by atoms with Gasteiger partial charge in [0, 0.05) is 12.0 Å². The number of aliphatic hydroxyl groups is 1. The lowest BCUT2D eigenvalue weighted by atomic mass is 9.91. The van der Waals surface area contributed by atoms with Crippen molar-refractivity contribution in [1.29, 1.82) is 0 Å². The molecule has 1 saturated heterocycles. The van der Waals surface area contributed by atoms with Gasteiger partial charge in [-0.05, 0) is 18.2 Å². The third-order valence-corrected chi connectivity index (χ3v) is 7.30. The molecule has 1 fully saturated rings. The Balaban J connectivity index is 1.96. The molecule has 158 valence electrons. The highest BCUT2D eigenvalue weighted by Crippen LogP contribution is 2.54. The topological polar surface area (TPSA) is 113 Å². The number of hydrogen-bond donors (Lipinski definition) is 1. The lowest BCUT2D eigenvalue weighted by Gasteiger charge is -2.35. The molecule has 0 unspecified atom stereocenters. The van der Waals surface area contributed by atoms with E-state index in [-0.39, 0.29) is 17.0 Å². The third kappa shape index (κ3) is 2.67. The van der Waals surface area contributed by atoms with Gasteiger partial charge in [-0.25, -0.2) is 22.3 Å². The summed E-state index contributed by atoms with van der Waals surface area (Å²) in [6.07, 6.45) is -2.61. The van der Waals surface area contributed by atoms with E-state index in [1.54, 1.807) is 42.5 Å². The van der Waals surface area contributed by atoms with Crippen LogP contribution in [0.25, 0.3) is 0 Å². The predicted molar refractivity (Wildman–Crippen MR) is 105 cm³/mol. The Labute approximate surface area is 173 Å². The number of sulfonamides is 1. The molecule has 2 heterocycles. The van der Waals surface area contributed by atoms with Crippen LogP contribution in [0.2, 0.25) is 0 Å². The van der Waals surface area contributed by atoms with E-state index in [4.69, 9.17) is 9.47 Å². The highest BCUT2D eigenvalue weighted by molar-refractivity contribution is 7.92. The van der Waals surface area contributed by atoms with Crippen molar-refractivity contribution in [3.8, 4) is 0 Å². The minimum absolute atomic E-state index is 0.0182. The molecule has 1 N–H and O–H groups in total. The first-order valence-electron chi connectivity index (χ1n) is 9.13. The maximum absolute atomic E-state index is 13.6. The highest BCUT2D eigenvalue weighted by atomic mass is 32.2. The number of amides is 1. The summed E-state index contributed by atoms with van der Waals surface area (Å²) in [4.78, 5) is 26.0. The molecule has 9 nitrogen and oxygen atoms in total. The molecule has 0 aliphatic carbocycles. The smallest absolute Gasteiger partial charge is 0.412 e. The SMILES string of the molecule is COC(=O)[C@@H]1C[C@]2(O)c3ccccc3N(S(=O)(=O)c3ccccc3)[C@@H]2N1C(=O)OC. The second kappa shape index (κ2) is 6.99. The molecule has 3 atom stereocenters. The summed E-state index contributed by atoms with van der Waals surface area (Å²) in [6, 6.07) is 12.9. The molecule has 0 radical (unpaired) electrons. The average Bonchev–Trinajstić information content (AvgIpc) is 3.20. The van der Waals surface area contributed by atoms with Crippen molar-refractivity contribution < 1.29 is 32.6 Å². The summed E-state index contributed by atoms with van der Waals surface area (Å²) >= 11 is 0. The lowest BCUT2D eigenvalue weighted by molar-refractivity contribution is -0.145. The van der Waals surface area contributed by atoms with Gasteiger partial charge < -0.3 is 14.6 Å². The van der Waals surface area contributed by atoms with Crippen LogP contribution in [0.15, 0.2) is 59.5 Å². The zero-order valence-corrected chi connectivity index (χ0v) is 17.1. The molecule has 0 bridgehead atoms. The molecule has 0 saturated carbocycles. The fraction of sp³-hybridized carbons (Fsp3) is 0.300. The van der Waals surface area contributed by atoms with Crippen molar-refractivity contribution in [1.82, 2.24) is 4.90 Å². The predicted octanol–water partition coefficient (Wildman–Crippen LogP) is 1.42. The van der Waals surface area contributed by atoms with Gasteiger partial charge in [-0.3, -0.25) is 4.90 Å². The number of para-hydroxylation sites is 1. The number of fused-ring (bicyclic) bond motifs is 3. The van der Waals surface area contributed by atoms with Gasteiger partial charge in [0.1, 0.15) is 11.6 Å². The number of ether oxygens (including phenoxy) is 2. The summed E-state index contributed by atoms with van der Waals surface area (Å²) < 4.78 is 37.8. The van der Waals surface area contributed by atoms with Crippen LogP contribution >= 0.6 is 0 Å². The van der Waals surface area contributed by atoms with E-state index in [9.17, 15) is 23.1 Å². The summed E-state index contributed by atoms with van der Waals surface area (Å²) in [7, 11) is -1.93. The van der Waals surface area contributed by atoms with E-state index in [0.29, 0.717) is 5.56 Å². The van der Waals surface area contributed by atoms with Gasteiger partial charge in [-0.15, -0.1) is 0 Å². The van der Waals surface area contributed by atoms with E-state index in [0.717, 1.165) is 23.4 Å². The third-order valence-electron chi connectivity index (χ3n) is 5.52. The normalized spacial score (nSPS) is 24.9. The standard InChI is InChI=1S/C20H20N2O7S/c1-28-17(23)16-12-20(25)14-10-6-7-11-15(14)22(18(20)21(16)19(24)29-2)30(26,27)13-8-4-3-5-9-13/h3-11,16,18,25H,12H2,1-2H3/t16-,18-,20-/m0/s1. The van der Waals surface area contributed by atoms with E-state index in [2.05, 4.69) is 0 Å². The Bertz CT molecular complexity index is 1110. The second-order valence-corrected chi connectivity index (χ2v) is 8.86. The zero-order valence-electron chi connectivity index (χ0n) is 16.3. The molecule has 2 aliphatic heterocycles. The Morgan fingerprint density at radius 1 is 1.03 bits per heavy atom. The van der Waals surface area contributed by atoms with Gasteiger partial charge in [0.2, 0.25) is 0 Å². The van der Waals surface area contributed by atoms with E-state index >= 15 is 0 Å². The maximum atomic E-state index is 13.6. The Morgan fingerprint density at radius 2 is 1.67 bits per heavy atom. The van der Waals surface area contributed by atoms with Crippen molar-refractivity contribution in [2.24, 2.45) is 0 Å². The number of methoxy groups -OCH3 is 2. The van der Waals surface area contributed by atoms with Crippen LogP contribution in [-0.2, 0) is 29.9 Å². The van der Waals surface area contributed by atoms with Crippen LogP contribution in [0.3, 0.4) is 0 Å². The number of hydrogen-bond acceptors (Lipinski definition) is 7. The van der Waals surface area contributed by atoms with Crippen LogP contribution < -0.4 is 4.31 Å². The molecule has 1 amide bonds. The summed E-state index contributed by atoms with van der Waals surface area (Å²) in [5, 5.41) is 11.6. The monoisotopic (exact) mass is 432 g/mol. The van der Waals surface area contributed by atoms with Gasteiger partial charge >= 0.3 is 12.1 Å².